The van der Waals surface area contributed by atoms with Crippen LogP contribution >= 0.6 is 0 Å². The van der Waals surface area contributed by atoms with Gasteiger partial charge in [0.05, 0.1) is 17.1 Å². The van der Waals surface area contributed by atoms with E-state index in [1.807, 2.05) is 0 Å². The maximum atomic E-state index is 12.2. The van der Waals surface area contributed by atoms with Crippen LogP contribution in [0.5, 0.6) is 0 Å². The molecule has 1 aromatic carbocycles. The Balaban J connectivity index is 2.84. The number of ether oxygens (including phenoxy) is 1. The van der Waals surface area contributed by atoms with E-state index in [-0.39, 0.29) is 17.7 Å². The molecule has 24 heavy (non-hydrogen) atoms. The fourth-order valence-corrected chi connectivity index (χ4v) is 2.58. The Bertz CT molecular complexity index is 806. The number of carbonyl (C=O) groups is 4. The monoisotopic (exact) mass is 331 g/mol. The Labute approximate surface area is 136 Å². The van der Waals surface area contributed by atoms with Gasteiger partial charge in [-0.05, 0) is 19.4 Å². The van der Waals surface area contributed by atoms with Crippen LogP contribution in [0.15, 0.2) is 30.0 Å². The smallest absolute Gasteiger partial charge is 0.325 e. The number of allylic oxidation sites excluding steroid dienone is 1. The molecule has 8 heteroatoms. The summed E-state index contributed by atoms with van der Waals surface area (Å²) in [6.07, 6.45) is 0. The van der Waals surface area contributed by atoms with Gasteiger partial charge in [-0.2, -0.15) is 0 Å². The molecule has 1 aliphatic rings. The molecule has 8 nitrogen and oxygen atoms in total. The molecule has 2 rings (SSSR count). The molecular formula is C16H13NO7. The molecule has 124 valence electrons. The minimum atomic E-state index is -1.65. The first-order valence-electron chi connectivity index (χ1n) is 7.05. The van der Waals surface area contributed by atoms with Crippen LogP contribution in [-0.4, -0.2) is 34.8 Å². The molecule has 0 radical (unpaired) electrons. The van der Waals surface area contributed by atoms with Gasteiger partial charge < -0.3 is 4.74 Å². The lowest BCUT2D eigenvalue weighted by Crippen LogP contribution is -2.34. The number of esters is 1. The second kappa shape index (κ2) is 6.53. The van der Waals surface area contributed by atoms with Crippen LogP contribution in [-0.2, 0) is 19.1 Å². The molecule has 0 heterocycles. The standard InChI is InChI=1S/C16H13NO7/c1-3-24-16(21)11(8(2)18)12-9-6-4-5-7-10(9)14(19)15(20)13(12)17(22)23/h4-7,11H,3H2,1-2H3. The zero-order valence-corrected chi connectivity index (χ0v) is 12.9. The Morgan fingerprint density at radius 1 is 1.17 bits per heavy atom. The fraction of sp³-hybridized carbons (Fsp3) is 0.250. The number of rotatable bonds is 5. The summed E-state index contributed by atoms with van der Waals surface area (Å²) in [5, 5.41) is 11.3. The van der Waals surface area contributed by atoms with E-state index in [0.717, 1.165) is 6.92 Å². The van der Waals surface area contributed by atoms with Gasteiger partial charge in [0.2, 0.25) is 5.78 Å². The number of hydrogen-bond acceptors (Lipinski definition) is 7. The van der Waals surface area contributed by atoms with Crippen LogP contribution < -0.4 is 0 Å². The van der Waals surface area contributed by atoms with Crippen molar-refractivity contribution in [3.63, 3.8) is 0 Å². The molecule has 0 saturated carbocycles. The Hall–Kier alpha value is -3.16. The lowest BCUT2D eigenvalue weighted by Gasteiger charge is -2.21. The van der Waals surface area contributed by atoms with E-state index < -0.39 is 45.4 Å². The molecule has 1 aromatic rings. The van der Waals surface area contributed by atoms with Crippen molar-refractivity contribution in [3.8, 4) is 0 Å². The molecular weight excluding hydrogens is 318 g/mol. The van der Waals surface area contributed by atoms with E-state index in [1.54, 1.807) is 0 Å². The summed E-state index contributed by atoms with van der Waals surface area (Å²) in [6, 6.07) is 5.63. The lowest BCUT2D eigenvalue weighted by molar-refractivity contribution is -0.417. The van der Waals surface area contributed by atoms with Gasteiger partial charge in [0, 0.05) is 5.56 Å². The first-order chi connectivity index (χ1) is 11.3. The van der Waals surface area contributed by atoms with Gasteiger partial charge >= 0.3 is 17.4 Å². The van der Waals surface area contributed by atoms with Crippen LogP contribution in [0.1, 0.15) is 29.8 Å². The van der Waals surface area contributed by atoms with E-state index in [0.29, 0.717) is 0 Å². The number of Topliss-reactive ketones (excluding diaryl/α,β-unsaturated/α-hetero) is 3. The minimum absolute atomic E-state index is 0.0158. The third-order valence-electron chi connectivity index (χ3n) is 3.54. The summed E-state index contributed by atoms with van der Waals surface area (Å²) in [5.41, 5.74) is -1.53. The van der Waals surface area contributed by atoms with E-state index in [9.17, 15) is 29.3 Å². The highest BCUT2D eigenvalue weighted by atomic mass is 16.6. The van der Waals surface area contributed by atoms with Crippen LogP contribution in [0.2, 0.25) is 0 Å². The van der Waals surface area contributed by atoms with Gasteiger partial charge in [0.1, 0.15) is 11.7 Å². The number of benzene rings is 1. The van der Waals surface area contributed by atoms with Crippen molar-refractivity contribution in [2.45, 2.75) is 13.8 Å². The second-order valence-corrected chi connectivity index (χ2v) is 5.02. The normalized spacial score (nSPS) is 14.9. The summed E-state index contributed by atoms with van der Waals surface area (Å²) < 4.78 is 4.81. The molecule has 1 atom stereocenters. The van der Waals surface area contributed by atoms with Crippen molar-refractivity contribution in [2.75, 3.05) is 6.61 Å². The summed E-state index contributed by atoms with van der Waals surface area (Å²) in [7, 11) is 0. The third kappa shape index (κ3) is 2.73. The highest BCUT2D eigenvalue weighted by Crippen LogP contribution is 2.36. The van der Waals surface area contributed by atoms with Crippen LogP contribution in [0.25, 0.3) is 5.57 Å². The van der Waals surface area contributed by atoms with E-state index in [2.05, 4.69) is 0 Å². The molecule has 0 spiro atoms. The van der Waals surface area contributed by atoms with E-state index in [4.69, 9.17) is 4.74 Å². The molecule has 1 aliphatic carbocycles. The maximum Gasteiger partial charge on any atom is 0.325 e. The van der Waals surface area contributed by atoms with Crippen molar-refractivity contribution in [3.05, 3.63) is 51.2 Å². The predicted molar refractivity (Wildman–Crippen MR) is 80.5 cm³/mol. The minimum Gasteiger partial charge on any atom is -0.465 e. The van der Waals surface area contributed by atoms with Crippen LogP contribution in [0.4, 0.5) is 0 Å². The summed E-state index contributed by atoms with van der Waals surface area (Å²) in [4.78, 5) is 58.6. The summed E-state index contributed by atoms with van der Waals surface area (Å²) >= 11 is 0. The van der Waals surface area contributed by atoms with E-state index >= 15 is 0 Å². The zero-order valence-electron chi connectivity index (χ0n) is 12.9. The molecule has 1 unspecified atom stereocenters. The van der Waals surface area contributed by atoms with Gasteiger partial charge in [-0.1, -0.05) is 24.3 Å². The molecule has 0 aromatic heterocycles. The zero-order chi connectivity index (χ0) is 18.0. The van der Waals surface area contributed by atoms with Gasteiger partial charge in [-0.15, -0.1) is 0 Å². The van der Waals surface area contributed by atoms with Crippen molar-refractivity contribution >= 4 is 28.9 Å². The highest BCUT2D eigenvalue weighted by Gasteiger charge is 2.46. The first-order valence-corrected chi connectivity index (χ1v) is 7.05. The molecule has 0 N–H and O–H groups in total. The van der Waals surface area contributed by atoms with Crippen LogP contribution in [0, 0.1) is 16.0 Å². The highest BCUT2D eigenvalue weighted by molar-refractivity contribution is 6.52. The third-order valence-corrected chi connectivity index (χ3v) is 3.54. The van der Waals surface area contributed by atoms with Gasteiger partial charge in [-0.3, -0.25) is 29.3 Å². The van der Waals surface area contributed by atoms with Crippen molar-refractivity contribution in [1.29, 1.82) is 0 Å². The average molecular weight is 331 g/mol. The number of ketones is 3. The van der Waals surface area contributed by atoms with Gasteiger partial charge in [0.25, 0.3) is 0 Å². The Morgan fingerprint density at radius 2 is 1.75 bits per heavy atom. The first kappa shape index (κ1) is 17.2. The molecule has 0 saturated heterocycles. The summed E-state index contributed by atoms with van der Waals surface area (Å²) in [5.74, 6) is -5.78. The van der Waals surface area contributed by atoms with Gasteiger partial charge in [-0.25, -0.2) is 0 Å². The summed E-state index contributed by atoms with van der Waals surface area (Å²) in [6.45, 7) is 2.54. The molecule has 0 aliphatic heterocycles. The fourth-order valence-electron chi connectivity index (χ4n) is 2.58. The number of carbonyl (C=O) groups excluding carboxylic acids is 4. The number of nitro groups is 1. The quantitative estimate of drug-likeness (QED) is 0.261. The molecule has 0 fully saturated rings. The van der Waals surface area contributed by atoms with Gasteiger partial charge in [0.15, 0.2) is 0 Å². The number of nitrogens with zero attached hydrogens (tertiary/aromatic N) is 1. The SMILES string of the molecule is CCOC(=O)C(C(C)=O)C1=C([N+](=O)[O-])C(=O)C(=O)c2ccccc21. The molecule has 0 amide bonds. The predicted octanol–water partition coefficient (Wildman–Crippen LogP) is 1.21. The maximum absolute atomic E-state index is 12.2. The molecule has 0 bridgehead atoms. The largest absolute Gasteiger partial charge is 0.465 e. The van der Waals surface area contributed by atoms with Crippen molar-refractivity contribution in [2.24, 2.45) is 5.92 Å². The average Bonchev–Trinajstić information content (AvgIpc) is 2.52. The Morgan fingerprint density at radius 3 is 2.25 bits per heavy atom. The Kier molecular flexibility index (Phi) is 4.68. The van der Waals surface area contributed by atoms with Crippen LogP contribution in [0.3, 0.4) is 0 Å². The van der Waals surface area contributed by atoms with Crippen molar-refractivity contribution in [1.82, 2.24) is 0 Å². The van der Waals surface area contributed by atoms with E-state index in [1.165, 1.54) is 31.2 Å². The number of hydrogen-bond donors (Lipinski definition) is 0. The second-order valence-electron chi connectivity index (χ2n) is 5.02. The van der Waals surface area contributed by atoms with Crippen molar-refractivity contribution < 1.29 is 28.8 Å². The lowest BCUT2D eigenvalue weighted by atomic mass is 9.79. The number of fused-ring (bicyclic) bond motifs is 1. The topological polar surface area (TPSA) is 121 Å².